The van der Waals surface area contributed by atoms with E-state index < -0.39 is 23.4 Å². The number of nitrogens with zero attached hydrogens (tertiary/aromatic N) is 3. The van der Waals surface area contributed by atoms with Gasteiger partial charge in [0.2, 0.25) is 0 Å². The molecule has 0 aliphatic carbocycles. The average Bonchev–Trinajstić information content (AvgIpc) is 3.32. The van der Waals surface area contributed by atoms with Crippen molar-refractivity contribution in [3.05, 3.63) is 118 Å². The summed E-state index contributed by atoms with van der Waals surface area (Å²) >= 11 is 0. The molecule has 0 aliphatic heterocycles. The number of aromatic carboxylic acids is 1. The molecule has 0 atom stereocenters. The zero-order valence-corrected chi connectivity index (χ0v) is 22.4. The molecule has 42 heavy (non-hydrogen) atoms. The summed E-state index contributed by atoms with van der Waals surface area (Å²) in [5.41, 5.74) is 2.79. The Balaban J connectivity index is 1.39. The molecule has 212 valence electrons. The Morgan fingerprint density at radius 1 is 0.952 bits per heavy atom. The van der Waals surface area contributed by atoms with Crippen molar-refractivity contribution in [3.8, 4) is 22.9 Å². The van der Waals surface area contributed by atoms with Gasteiger partial charge in [-0.2, -0.15) is 5.26 Å². The number of ether oxygens (including phenoxy) is 2. The number of hydrogen-bond acceptors (Lipinski definition) is 5. The molecule has 10 heteroatoms. The van der Waals surface area contributed by atoms with Gasteiger partial charge in [-0.05, 0) is 65.2 Å². The number of methoxy groups -OCH3 is 1. The number of nitriles is 1. The second kappa shape index (κ2) is 12.2. The third-order valence-electron chi connectivity index (χ3n) is 6.78. The Morgan fingerprint density at radius 2 is 1.74 bits per heavy atom. The van der Waals surface area contributed by atoms with Crippen LogP contribution >= 0.6 is 0 Å². The highest BCUT2D eigenvalue weighted by molar-refractivity contribution is 5.92. The van der Waals surface area contributed by atoms with Crippen molar-refractivity contribution < 1.29 is 32.5 Å². The van der Waals surface area contributed by atoms with Crippen molar-refractivity contribution in [3.63, 3.8) is 0 Å². The van der Waals surface area contributed by atoms with Crippen molar-refractivity contribution >= 4 is 17.0 Å². The molecule has 7 nitrogen and oxygen atoms in total. The highest BCUT2D eigenvalue weighted by atomic mass is 19.1. The molecule has 1 N–H and O–H groups in total. The number of rotatable bonds is 10. The minimum Gasteiger partial charge on any atom is -0.489 e. The van der Waals surface area contributed by atoms with Crippen LogP contribution in [0.15, 0.2) is 72.8 Å². The van der Waals surface area contributed by atoms with Crippen LogP contribution in [0.2, 0.25) is 0 Å². The largest absolute Gasteiger partial charge is 0.489 e. The Hall–Kier alpha value is -5.14. The fourth-order valence-electron chi connectivity index (χ4n) is 4.62. The predicted molar refractivity (Wildman–Crippen MR) is 149 cm³/mol. The zero-order valence-electron chi connectivity index (χ0n) is 22.4. The van der Waals surface area contributed by atoms with Crippen LogP contribution in [0.4, 0.5) is 13.2 Å². The predicted octanol–water partition coefficient (Wildman–Crippen LogP) is 6.51. The normalized spacial score (nSPS) is 11.0. The SMILES string of the molecule is COCCn1c(Cc2ccc(-c3cc(F)cc(OCc4ccc(C#N)cc4F)c3)cc2F)nc2ccc(C(=O)O)cc21. The van der Waals surface area contributed by atoms with Crippen LogP contribution in [-0.2, 0) is 24.3 Å². The first kappa shape index (κ1) is 28.4. The van der Waals surface area contributed by atoms with Crippen molar-refractivity contribution in [1.29, 1.82) is 5.26 Å². The summed E-state index contributed by atoms with van der Waals surface area (Å²) in [6, 6.07) is 18.9. The van der Waals surface area contributed by atoms with Gasteiger partial charge in [0.05, 0.1) is 34.8 Å². The summed E-state index contributed by atoms with van der Waals surface area (Å²) < 4.78 is 56.7. The number of hydrogen-bond donors (Lipinski definition) is 1. The highest BCUT2D eigenvalue weighted by Crippen LogP contribution is 2.29. The van der Waals surface area contributed by atoms with Crippen LogP contribution < -0.4 is 4.74 Å². The Morgan fingerprint density at radius 3 is 2.45 bits per heavy atom. The molecule has 0 saturated carbocycles. The lowest BCUT2D eigenvalue weighted by atomic mass is 10.0. The molecular formula is C32H24F3N3O4. The van der Waals surface area contributed by atoms with E-state index in [0.29, 0.717) is 46.7 Å². The minimum absolute atomic E-state index is 0.114. The Kier molecular flexibility index (Phi) is 8.22. The summed E-state index contributed by atoms with van der Waals surface area (Å²) in [4.78, 5) is 16.1. The maximum atomic E-state index is 15.4. The first-order valence-corrected chi connectivity index (χ1v) is 12.9. The summed E-state index contributed by atoms with van der Waals surface area (Å²) in [7, 11) is 1.55. The molecule has 1 heterocycles. The monoisotopic (exact) mass is 571 g/mol. The molecule has 0 amide bonds. The molecule has 5 aromatic rings. The van der Waals surface area contributed by atoms with Crippen LogP contribution in [0.25, 0.3) is 22.2 Å². The Bertz CT molecular complexity index is 1850. The highest BCUT2D eigenvalue weighted by Gasteiger charge is 2.16. The third kappa shape index (κ3) is 6.11. The molecule has 4 aromatic carbocycles. The van der Waals surface area contributed by atoms with Crippen LogP contribution in [-0.4, -0.2) is 34.3 Å². The molecule has 5 rings (SSSR count). The summed E-state index contributed by atoms with van der Waals surface area (Å²) in [6.07, 6.45) is 0.126. The number of carbonyl (C=O) groups is 1. The van der Waals surface area contributed by atoms with E-state index in [2.05, 4.69) is 4.98 Å². The molecule has 0 aliphatic rings. The third-order valence-corrected chi connectivity index (χ3v) is 6.78. The topological polar surface area (TPSA) is 97.4 Å². The van der Waals surface area contributed by atoms with Gasteiger partial charge < -0.3 is 19.1 Å². The van der Waals surface area contributed by atoms with Crippen LogP contribution in [0.1, 0.15) is 32.9 Å². The van der Waals surface area contributed by atoms with Gasteiger partial charge in [0.15, 0.2) is 0 Å². The fourth-order valence-corrected chi connectivity index (χ4v) is 4.62. The Labute approximate surface area is 239 Å². The number of imidazole rings is 1. The number of carboxylic acid groups (broad SMARTS) is 1. The van der Waals surface area contributed by atoms with E-state index in [9.17, 15) is 18.7 Å². The van der Waals surface area contributed by atoms with E-state index in [0.717, 1.165) is 12.1 Å². The first-order chi connectivity index (χ1) is 20.2. The van der Waals surface area contributed by atoms with E-state index in [1.54, 1.807) is 25.3 Å². The quantitative estimate of drug-likeness (QED) is 0.205. The van der Waals surface area contributed by atoms with Crippen LogP contribution in [0, 0.1) is 28.8 Å². The van der Waals surface area contributed by atoms with Crippen molar-refractivity contribution in [2.45, 2.75) is 19.6 Å². The van der Waals surface area contributed by atoms with Crippen LogP contribution in [0.3, 0.4) is 0 Å². The lowest BCUT2D eigenvalue weighted by molar-refractivity contribution is 0.0697. The van der Waals surface area contributed by atoms with Gasteiger partial charge in [0.25, 0.3) is 0 Å². The lowest BCUT2D eigenvalue weighted by Gasteiger charge is -2.12. The summed E-state index contributed by atoms with van der Waals surface area (Å²) in [6.45, 7) is 0.550. The summed E-state index contributed by atoms with van der Waals surface area (Å²) in [5, 5.41) is 18.3. The second-order valence-corrected chi connectivity index (χ2v) is 9.55. The van der Waals surface area contributed by atoms with Gasteiger partial charge in [-0.1, -0.05) is 18.2 Å². The first-order valence-electron chi connectivity index (χ1n) is 12.9. The van der Waals surface area contributed by atoms with E-state index in [1.165, 1.54) is 42.5 Å². The van der Waals surface area contributed by atoms with E-state index in [4.69, 9.17) is 14.7 Å². The van der Waals surface area contributed by atoms with E-state index >= 15 is 4.39 Å². The van der Waals surface area contributed by atoms with Gasteiger partial charge in [0.1, 0.15) is 35.6 Å². The number of carboxylic acids is 1. The second-order valence-electron chi connectivity index (χ2n) is 9.55. The van der Waals surface area contributed by atoms with Crippen molar-refractivity contribution in [2.75, 3.05) is 13.7 Å². The maximum Gasteiger partial charge on any atom is 0.335 e. The number of benzene rings is 4. The van der Waals surface area contributed by atoms with Gasteiger partial charge >= 0.3 is 5.97 Å². The molecular weight excluding hydrogens is 547 g/mol. The van der Waals surface area contributed by atoms with Crippen molar-refractivity contribution in [2.24, 2.45) is 0 Å². The summed E-state index contributed by atoms with van der Waals surface area (Å²) in [5.74, 6) is -2.15. The molecule has 0 radical (unpaired) electrons. The molecule has 0 unspecified atom stereocenters. The standard InChI is InChI=1S/C32H24F3N3O4/c1-41-9-8-38-30-14-22(32(39)40)6-7-29(30)37-31(38)15-21-5-4-20(13-28(21)35)24-11-25(33)16-26(12-24)42-18-23-3-2-19(17-36)10-27(23)34/h2-7,10-14,16H,8-9,15,18H2,1H3,(H,39,40). The van der Waals surface area contributed by atoms with Gasteiger partial charge in [-0.3, -0.25) is 0 Å². The molecule has 0 bridgehead atoms. The molecule has 0 saturated heterocycles. The van der Waals surface area contributed by atoms with Crippen molar-refractivity contribution in [1.82, 2.24) is 9.55 Å². The number of halogens is 3. The van der Waals surface area contributed by atoms with Gasteiger partial charge in [-0.25, -0.2) is 22.9 Å². The fraction of sp³-hybridized carbons (Fsp3) is 0.156. The molecule has 0 fully saturated rings. The molecule has 1 aromatic heterocycles. The number of fused-ring (bicyclic) bond motifs is 1. The smallest absolute Gasteiger partial charge is 0.335 e. The van der Waals surface area contributed by atoms with Gasteiger partial charge in [-0.15, -0.1) is 0 Å². The molecule has 0 spiro atoms. The van der Waals surface area contributed by atoms with E-state index in [1.807, 2.05) is 10.6 Å². The van der Waals surface area contributed by atoms with Crippen LogP contribution in [0.5, 0.6) is 5.75 Å². The number of aromatic nitrogens is 2. The maximum absolute atomic E-state index is 15.4. The zero-order chi connectivity index (χ0) is 29.8. The average molecular weight is 572 g/mol. The minimum atomic E-state index is -1.06. The van der Waals surface area contributed by atoms with E-state index in [-0.39, 0.29) is 35.5 Å². The van der Waals surface area contributed by atoms with Gasteiger partial charge in [0, 0.05) is 31.7 Å². The lowest BCUT2D eigenvalue weighted by Crippen LogP contribution is -2.10.